The predicted octanol–water partition coefficient (Wildman–Crippen LogP) is 2.40. The van der Waals surface area contributed by atoms with Gasteiger partial charge in [0.05, 0.1) is 6.04 Å². The molecule has 0 bridgehead atoms. The van der Waals surface area contributed by atoms with Crippen molar-refractivity contribution >= 4 is 23.4 Å². The first-order chi connectivity index (χ1) is 12.1. The summed E-state index contributed by atoms with van der Waals surface area (Å²) in [5.74, 6) is 0.566. The third kappa shape index (κ3) is 4.15. The number of hydrogen-bond acceptors (Lipinski definition) is 3. The van der Waals surface area contributed by atoms with Crippen molar-refractivity contribution in [3.63, 3.8) is 0 Å². The minimum atomic E-state index is -0.0593. The highest BCUT2D eigenvalue weighted by molar-refractivity contribution is 6.30. The van der Waals surface area contributed by atoms with Gasteiger partial charge in [0, 0.05) is 43.8 Å². The summed E-state index contributed by atoms with van der Waals surface area (Å²) >= 11 is 5.99. The number of carbonyl (C=O) groups is 2. The summed E-state index contributed by atoms with van der Waals surface area (Å²) in [5, 5.41) is 3.40. The molecular weight excluding hydrogens is 338 g/mol. The van der Waals surface area contributed by atoms with Gasteiger partial charge >= 0.3 is 0 Å². The summed E-state index contributed by atoms with van der Waals surface area (Å²) in [6.45, 7) is 2.76. The quantitative estimate of drug-likeness (QED) is 0.893. The van der Waals surface area contributed by atoms with Gasteiger partial charge in [0.25, 0.3) is 5.91 Å². The molecule has 2 amide bonds. The molecule has 0 aromatic heterocycles. The zero-order chi connectivity index (χ0) is 17.8. The monoisotopic (exact) mass is 363 g/mol. The van der Waals surface area contributed by atoms with E-state index in [0.29, 0.717) is 29.6 Å². The van der Waals surface area contributed by atoms with E-state index in [9.17, 15) is 9.59 Å². The summed E-state index contributed by atoms with van der Waals surface area (Å²) < 4.78 is 0. The summed E-state index contributed by atoms with van der Waals surface area (Å²) in [6, 6.07) is 7.02. The molecule has 25 heavy (non-hydrogen) atoms. The Morgan fingerprint density at radius 3 is 2.44 bits per heavy atom. The van der Waals surface area contributed by atoms with E-state index in [2.05, 4.69) is 10.2 Å². The van der Waals surface area contributed by atoms with Gasteiger partial charge in [-0.2, -0.15) is 0 Å². The number of halogens is 1. The highest BCUT2D eigenvalue weighted by Crippen LogP contribution is 2.31. The Morgan fingerprint density at radius 1 is 1.16 bits per heavy atom. The number of amides is 2. The van der Waals surface area contributed by atoms with Crippen LogP contribution in [0.1, 0.15) is 36.0 Å². The lowest BCUT2D eigenvalue weighted by Crippen LogP contribution is -2.57. The standard InChI is InChI=1S/C19H26ClN3O2/c1-21-18(24)17(14-5-2-3-6-14)22-9-11-23(12-10-22)19(25)15-7-4-8-16(20)13-15/h4,7-8,13-14,17H,2-3,5-6,9-12H2,1H3,(H,21,24)/t17-/m0/s1. The molecule has 1 aliphatic heterocycles. The number of carbonyl (C=O) groups excluding carboxylic acids is 2. The van der Waals surface area contributed by atoms with Crippen LogP contribution in [0.5, 0.6) is 0 Å². The van der Waals surface area contributed by atoms with Crippen LogP contribution in [0.25, 0.3) is 0 Å². The van der Waals surface area contributed by atoms with Gasteiger partial charge < -0.3 is 10.2 Å². The summed E-state index contributed by atoms with van der Waals surface area (Å²) in [5.41, 5.74) is 0.625. The highest BCUT2D eigenvalue weighted by atomic mass is 35.5. The molecule has 0 unspecified atom stereocenters. The van der Waals surface area contributed by atoms with Crippen LogP contribution in [-0.4, -0.2) is 60.9 Å². The van der Waals surface area contributed by atoms with Crippen LogP contribution >= 0.6 is 11.6 Å². The molecule has 0 radical (unpaired) electrons. The van der Waals surface area contributed by atoms with Crippen LogP contribution in [-0.2, 0) is 4.79 Å². The average molecular weight is 364 g/mol. The smallest absolute Gasteiger partial charge is 0.253 e. The Labute approximate surface area is 154 Å². The first-order valence-corrected chi connectivity index (χ1v) is 9.48. The van der Waals surface area contributed by atoms with Gasteiger partial charge in [-0.15, -0.1) is 0 Å². The highest BCUT2D eigenvalue weighted by Gasteiger charge is 2.36. The topological polar surface area (TPSA) is 52.7 Å². The lowest BCUT2D eigenvalue weighted by molar-refractivity contribution is -0.128. The molecule has 2 aliphatic rings. The van der Waals surface area contributed by atoms with Crippen molar-refractivity contribution < 1.29 is 9.59 Å². The summed E-state index contributed by atoms with van der Waals surface area (Å²) in [6.07, 6.45) is 4.68. The molecule has 1 heterocycles. The van der Waals surface area contributed by atoms with Crippen LogP contribution in [0.2, 0.25) is 5.02 Å². The van der Waals surface area contributed by atoms with E-state index in [0.717, 1.165) is 25.9 Å². The van der Waals surface area contributed by atoms with Gasteiger partial charge in [-0.05, 0) is 37.0 Å². The van der Waals surface area contributed by atoms with Crippen LogP contribution in [0.4, 0.5) is 0 Å². The zero-order valence-electron chi connectivity index (χ0n) is 14.7. The SMILES string of the molecule is CNC(=O)[C@H](C1CCCC1)N1CCN(C(=O)c2cccc(Cl)c2)CC1. The van der Waals surface area contributed by atoms with Crippen molar-refractivity contribution in [2.24, 2.45) is 5.92 Å². The Kier molecular flexibility index (Phi) is 5.97. The minimum absolute atomic E-state index is 0.0134. The van der Waals surface area contributed by atoms with Crippen LogP contribution < -0.4 is 5.32 Å². The Bertz CT molecular complexity index is 623. The molecule has 0 spiro atoms. The number of nitrogens with zero attached hydrogens (tertiary/aromatic N) is 2. The Morgan fingerprint density at radius 2 is 1.84 bits per heavy atom. The maximum atomic E-state index is 12.6. The molecule has 136 valence electrons. The van der Waals surface area contributed by atoms with Crippen molar-refractivity contribution in [3.8, 4) is 0 Å². The zero-order valence-corrected chi connectivity index (χ0v) is 15.5. The molecular formula is C19H26ClN3O2. The largest absolute Gasteiger partial charge is 0.358 e. The van der Waals surface area contributed by atoms with Gasteiger partial charge in [-0.1, -0.05) is 30.5 Å². The number of benzene rings is 1. The second-order valence-corrected chi connectivity index (χ2v) is 7.38. The molecule has 1 saturated heterocycles. The first kappa shape index (κ1) is 18.2. The lowest BCUT2D eigenvalue weighted by atomic mass is 9.95. The maximum absolute atomic E-state index is 12.6. The normalized spacial score (nSPS) is 20.5. The van der Waals surface area contributed by atoms with Gasteiger partial charge in [0.1, 0.15) is 0 Å². The van der Waals surface area contributed by atoms with Crippen LogP contribution in [0.3, 0.4) is 0 Å². The third-order valence-electron chi connectivity index (χ3n) is 5.43. The number of nitrogens with one attached hydrogen (secondary N) is 1. The molecule has 2 fully saturated rings. The molecule has 1 aromatic carbocycles. The van der Waals surface area contributed by atoms with Crippen molar-refractivity contribution in [2.45, 2.75) is 31.7 Å². The molecule has 5 nitrogen and oxygen atoms in total. The fourth-order valence-corrected chi connectivity index (χ4v) is 4.30. The van der Waals surface area contributed by atoms with E-state index >= 15 is 0 Å². The molecule has 1 aliphatic carbocycles. The van der Waals surface area contributed by atoms with E-state index in [1.54, 1.807) is 31.3 Å². The van der Waals surface area contributed by atoms with Gasteiger partial charge in [0.15, 0.2) is 0 Å². The number of piperazine rings is 1. The fraction of sp³-hybridized carbons (Fsp3) is 0.579. The van der Waals surface area contributed by atoms with Gasteiger partial charge in [-0.25, -0.2) is 0 Å². The second kappa shape index (κ2) is 8.19. The van der Waals surface area contributed by atoms with E-state index in [4.69, 9.17) is 11.6 Å². The van der Waals surface area contributed by atoms with E-state index < -0.39 is 0 Å². The second-order valence-electron chi connectivity index (χ2n) is 6.94. The fourth-order valence-electron chi connectivity index (χ4n) is 4.11. The number of rotatable bonds is 4. The minimum Gasteiger partial charge on any atom is -0.358 e. The Balaban J connectivity index is 1.63. The molecule has 1 saturated carbocycles. The third-order valence-corrected chi connectivity index (χ3v) is 5.66. The van der Waals surface area contributed by atoms with E-state index in [1.807, 2.05) is 4.90 Å². The van der Waals surface area contributed by atoms with Crippen LogP contribution in [0, 0.1) is 5.92 Å². The summed E-state index contributed by atoms with van der Waals surface area (Å²) in [4.78, 5) is 29.2. The van der Waals surface area contributed by atoms with Crippen molar-refractivity contribution in [1.29, 1.82) is 0 Å². The molecule has 1 N–H and O–H groups in total. The first-order valence-electron chi connectivity index (χ1n) is 9.10. The number of likely N-dealkylation sites (N-methyl/N-ethyl adjacent to an activating group) is 1. The molecule has 3 rings (SSSR count). The lowest BCUT2D eigenvalue weighted by Gasteiger charge is -2.40. The van der Waals surface area contributed by atoms with E-state index in [-0.39, 0.29) is 17.9 Å². The van der Waals surface area contributed by atoms with Gasteiger partial charge in [-0.3, -0.25) is 14.5 Å². The van der Waals surface area contributed by atoms with Gasteiger partial charge in [0.2, 0.25) is 5.91 Å². The molecule has 1 atom stereocenters. The van der Waals surface area contributed by atoms with Crippen molar-refractivity contribution in [2.75, 3.05) is 33.2 Å². The maximum Gasteiger partial charge on any atom is 0.253 e. The molecule has 6 heteroatoms. The Hall–Kier alpha value is -1.59. The average Bonchev–Trinajstić information content (AvgIpc) is 3.16. The van der Waals surface area contributed by atoms with Crippen LogP contribution in [0.15, 0.2) is 24.3 Å². The van der Waals surface area contributed by atoms with Crippen molar-refractivity contribution in [3.05, 3.63) is 34.9 Å². The molecule has 1 aromatic rings. The predicted molar refractivity (Wildman–Crippen MR) is 98.7 cm³/mol. The summed E-state index contributed by atoms with van der Waals surface area (Å²) in [7, 11) is 1.71. The number of hydrogen-bond donors (Lipinski definition) is 1. The van der Waals surface area contributed by atoms with E-state index in [1.165, 1.54) is 12.8 Å². The van der Waals surface area contributed by atoms with Crippen molar-refractivity contribution in [1.82, 2.24) is 15.1 Å².